The van der Waals surface area contributed by atoms with Gasteiger partial charge in [0.15, 0.2) is 0 Å². The van der Waals surface area contributed by atoms with Crippen molar-refractivity contribution in [2.45, 2.75) is 25.0 Å². The number of fused-ring (bicyclic) bond motifs is 1. The highest BCUT2D eigenvalue weighted by Gasteiger charge is 2.62. The van der Waals surface area contributed by atoms with Crippen LogP contribution in [0.2, 0.25) is 0 Å². The molecule has 0 saturated heterocycles. The van der Waals surface area contributed by atoms with E-state index in [4.69, 9.17) is 9.47 Å². The number of hydrogen-bond donors (Lipinski definition) is 5. The van der Waals surface area contributed by atoms with Gasteiger partial charge in [-0.05, 0) is 48.7 Å². The molecule has 3 aromatic rings. The lowest BCUT2D eigenvalue weighted by Gasteiger charge is -2.58. The van der Waals surface area contributed by atoms with Crippen molar-refractivity contribution in [1.82, 2.24) is 20.6 Å². The molecule has 15 heteroatoms. The second-order valence-corrected chi connectivity index (χ2v) is 10.9. The van der Waals surface area contributed by atoms with Crippen molar-refractivity contribution >= 4 is 23.3 Å². The number of rotatable bonds is 15. The minimum atomic E-state index is -4.77. The van der Waals surface area contributed by atoms with E-state index in [1.807, 2.05) is 0 Å². The molecule has 0 bridgehead atoms. The molecule has 2 aliphatic carbocycles. The Morgan fingerprint density at radius 3 is 2.30 bits per heavy atom. The molecule has 5 N–H and O–H groups in total. The predicted molar refractivity (Wildman–Crippen MR) is 158 cm³/mol. The second-order valence-electron chi connectivity index (χ2n) is 10.9. The lowest BCUT2D eigenvalue weighted by atomic mass is 9.49. The third kappa shape index (κ3) is 8.48. The van der Waals surface area contributed by atoms with E-state index < -0.39 is 18.6 Å². The number of amides is 2. The van der Waals surface area contributed by atoms with Crippen molar-refractivity contribution in [3.8, 4) is 17.0 Å². The van der Waals surface area contributed by atoms with E-state index in [9.17, 15) is 33.0 Å². The van der Waals surface area contributed by atoms with Gasteiger partial charge in [0.2, 0.25) is 5.91 Å². The number of benzene rings is 2. The molecule has 2 saturated carbocycles. The highest BCUT2D eigenvalue weighted by molar-refractivity contribution is 5.95. The van der Waals surface area contributed by atoms with Gasteiger partial charge in [-0.25, -0.2) is 9.97 Å². The van der Waals surface area contributed by atoms with Crippen LogP contribution in [-0.4, -0.2) is 90.1 Å². The Morgan fingerprint density at radius 2 is 1.61 bits per heavy atom. The molecule has 0 spiro atoms. The van der Waals surface area contributed by atoms with Crippen molar-refractivity contribution in [3.05, 3.63) is 66.5 Å². The lowest BCUT2D eigenvalue weighted by Crippen LogP contribution is -2.68. The summed E-state index contributed by atoms with van der Waals surface area (Å²) in [7, 11) is 0. The number of hydrogen-bond acceptors (Lipinski definition) is 10. The number of anilines is 2. The first kappa shape index (κ1) is 33.1. The highest BCUT2D eigenvalue weighted by atomic mass is 19.4. The number of aliphatic hydroxyl groups is 2. The van der Waals surface area contributed by atoms with Crippen LogP contribution in [0.15, 0.2) is 60.9 Å². The van der Waals surface area contributed by atoms with Gasteiger partial charge in [0.1, 0.15) is 17.9 Å². The van der Waals surface area contributed by atoms with Gasteiger partial charge in [-0.2, -0.15) is 0 Å². The molecule has 12 nitrogen and oxygen atoms in total. The van der Waals surface area contributed by atoms with Crippen LogP contribution in [0, 0.1) is 17.8 Å². The van der Waals surface area contributed by atoms with Crippen molar-refractivity contribution in [2.24, 2.45) is 17.8 Å². The SMILES string of the molecule is O=C(NCCOCCOCCNC(=O)C1CC2[C@H]1[C@@H](O)[C@H]2O)c1cccc(-c2cc(Nc3ccc(OC(F)(F)F)cc3)ncn2)c1. The molecule has 46 heavy (non-hydrogen) atoms. The van der Waals surface area contributed by atoms with Crippen LogP contribution < -0.4 is 20.7 Å². The van der Waals surface area contributed by atoms with Gasteiger partial charge in [0.25, 0.3) is 5.91 Å². The summed E-state index contributed by atoms with van der Waals surface area (Å²) in [5.41, 5.74) is 2.09. The Labute approximate surface area is 262 Å². The van der Waals surface area contributed by atoms with E-state index in [1.165, 1.54) is 30.6 Å². The zero-order chi connectivity index (χ0) is 32.7. The van der Waals surface area contributed by atoms with Crippen LogP contribution in [0.25, 0.3) is 11.3 Å². The fraction of sp³-hybridized carbons (Fsp3) is 0.419. The Kier molecular flexibility index (Phi) is 10.7. The minimum absolute atomic E-state index is 0.0341. The summed E-state index contributed by atoms with van der Waals surface area (Å²) in [6.07, 6.45) is -4.36. The van der Waals surface area contributed by atoms with Gasteiger partial charge in [0.05, 0.1) is 44.3 Å². The first-order valence-corrected chi connectivity index (χ1v) is 14.7. The molecule has 2 aromatic carbocycles. The van der Waals surface area contributed by atoms with Crippen LogP contribution in [0.1, 0.15) is 16.8 Å². The average molecular weight is 646 g/mol. The van der Waals surface area contributed by atoms with E-state index in [-0.39, 0.29) is 48.5 Å². The zero-order valence-corrected chi connectivity index (χ0v) is 24.6. The number of nitrogens with zero attached hydrogens (tertiary/aromatic N) is 2. The van der Waals surface area contributed by atoms with E-state index >= 15 is 0 Å². The molecular weight excluding hydrogens is 611 g/mol. The molecule has 2 amide bonds. The number of ether oxygens (including phenoxy) is 3. The predicted octanol–water partition coefficient (Wildman–Crippen LogP) is 2.65. The van der Waals surface area contributed by atoms with Gasteiger partial charge < -0.3 is 40.4 Å². The second kappa shape index (κ2) is 14.9. The Hall–Kier alpha value is -4.31. The number of nitrogens with one attached hydrogen (secondary N) is 3. The number of carbonyl (C=O) groups is 2. The summed E-state index contributed by atoms with van der Waals surface area (Å²) >= 11 is 0. The van der Waals surface area contributed by atoms with E-state index in [0.717, 1.165) is 0 Å². The zero-order valence-electron chi connectivity index (χ0n) is 24.6. The number of halogens is 3. The highest BCUT2D eigenvalue weighted by Crippen LogP contribution is 2.54. The molecule has 5 rings (SSSR count). The number of aliphatic hydroxyl groups excluding tert-OH is 2. The summed E-state index contributed by atoms with van der Waals surface area (Å²) < 4.78 is 52.0. The fourth-order valence-electron chi connectivity index (χ4n) is 5.52. The monoisotopic (exact) mass is 645 g/mol. The number of alkyl halides is 3. The van der Waals surface area contributed by atoms with Gasteiger partial charge in [-0.15, -0.1) is 13.2 Å². The first-order valence-electron chi connectivity index (χ1n) is 14.7. The van der Waals surface area contributed by atoms with Gasteiger partial charge >= 0.3 is 6.36 Å². The molecule has 5 atom stereocenters. The quantitative estimate of drug-likeness (QED) is 0.155. The fourth-order valence-corrected chi connectivity index (χ4v) is 5.52. The number of aromatic nitrogens is 2. The van der Waals surface area contributed by atoms with Crippen LogP contribution >= 0.6 is 0 Å². The third-order valence-electron chi connectivity index (χ3n) is 7.90. The van der Waals surface area contributed by atoms with Crippen molar-refractivity contribution < 1.29 is 47.2 Å². The van der Waals surface area contributed by atoms with Crippen LogP contribution in [0.4, 0.5) is 24.7 Å². The van der Waals surface area contributed by atoms with Gasteiger partial charge in [0, 0.05) is 47.8 Å². The van der Waals surface area contributed by atoms with E-state index in [1.54, 1.807) is 30.3 Å². The molecule has 0 radical (unpaired) electrons. The van der Waals surface area contributed by atoms with Crippen LogP contribution in [-0.2, 0) is 14.3 Å². The Morgan fingerprint density at radius 1 is 0.891 bits per heavy atom. The van der Waals surface area contributed by atoms with Crippen LogP contribution in [0.3, 0.4) is 0 Å². The van der Waals surface area contributed by atoms with E-state index in [0.29, 0.717) is 61.1 Å². The molecule has 0 aliphatic heterocycles. The van der Waals surface area contributed by atoms with Gasteiger partial charge in [-0.1, -0.05) is 12.1 Å². The molecule has 1 aromatic heterocycles. The maximum Gasteiger partial charge on any atom is 0.573 e. The average Bonchev–Trinajstić information content (AvgIpc) is 3.02. The summed E-state index contributed by atoms with van der Waals surface area (Å²) in [4.78, 5) is 33.3. The molecule has 246 valence electrons. The smallest absolute Gasteiger partial charge is 0.406 e. The normalized spacial score (nSPS) is 21.7. The largest absolute Gasteiger partial charge is 0.573 e. The maximum atomic E-state index is 12.7. The summed E-state index contributed by atoms with van der Waals surface area (Å²) in [6.45, 7) is 1.83. The minimum Gasteiger partial charge on any atom is -0.406 e. The molecule has 1 heterocycles. The van der Waals surface area contributed by atoms with Crippen molar-refractivity contribution in [1.29, 1.82) is 0 Å². The summed E-state index contributed by atoms with van der Waals surface area (Å²) in [5, 5.41) is 27.9. The van der Waals surface area contributed by atoms with E-state index in [2.05, 4.69) is 30.7 Å². The molecule has 2 unspecified atom stereocenters. The summed E-state index contributed by atoms with van der Waals surface area (Å²) in [5.74, 6) is -0.722. The maximum absolute atomic E-state index is 12.7. The third-order valence-corrected chi connectivity index (χ3v) is 7.90. The topological polar surface area (TPSA) is 164 Å². The Bertz CT molecular complexity index is 1490. The van der Waals surface area contributed by atoms with Crippen molar-refractivity contribution in [3.63, 3.8) is 0 Å². The molecular formula is C31H34F3N5O7. The summed E-state index contributed by atoms with van der Waals surface area (Å²) in [6, 6.07) is 13.7. The van der Waals surface area contributed by atoms with Crippen molar-refractivity contribution in [2.75, 3.05) is 44.8 Å². The Balaban J connectivity index is 0.969. The molecule has 2 fully saturated rings. The van der Waals surface area contributed by atoms with Gasteiger partial charge in [-0.3, -0.25) is 9.59 Å². The standard InChI is InChI=1S/C31H34F3N5O7/c32-31(33,34)46-21-6-4-20(5-7-21)39-25-16-24(37-17-38-25)18-2-1-3-19(14-18)29(42)35-8-10-44-12-13-45-11-9-36-30(43)23-15-22-26(23)28(41)27(22)40/h1-7,14,16-17,22-23,26-28,40-41H,8-13,15H2,(H,35,42)(H,36,43)(H,37,38,39)/t22?,23?,26-,27+,28-/m1/s1. The number of carbonyl (C=O) groups excluding carboxylic acids is 2. The first-order chi connectivity index (χ1) is 22.1. The molecule has 2 aliphatic rings. The van der Waals surface area contributed by atoms with Crippen LogP contribution in [0.5, 0.6) is 5.75 Å². The lowest BCUT2D eigenvalue weighted by molar-refractivity contribution is -0.274.